The standard InChI is InChI=1S/C13H21N3/c1-11-2-4-12(5-3-11)6-14-7-13-8-15-10-16-9-13/h8-12,14H,2-7H2,1H3. The fraction of sp³-hybridized carbons (Fsp3) is 0.692. The maximum absolute atomic E-state index is 4.01. The zero-order valence-corrected chi connectivity index (χ0v) is 10.0. The van der Waals surface area contributed by atoms with Gasteiger partial charge in [-0.1, -0.05) is 19.8 Å². The molecular weight excluding hydrogens is 198 g/mol. The van der Waals surface area contributed by atoms with Crippen LogP contribution in [0.2, 0.25) is 0 Å². The van der Waals surface area contributed by atoms with Gasteiger partial charge in [-0.25, -0.2) is 9.97 Å². The van der Waals surface area contributed by atoms with Gasteiger partial charge >= 0.3 is 0 Å². The van der Waals surface area contributed by atoms with Crippen molar-refractivity contribution in [2.75, 3.05) is 6.54 Å². The van der Waals surface area contributed by atoms with Crippen molar-refractivity contribution in [3.05, 3.63) is 24.3 Å². The Morgan fingerprint density at radius 1 is 1.19 bits per heavy atom. The van der Waals surface area contributed by atoms with Crippen molar-refractivity contribution >= 4 is 0 Å². The van der Waals surface area contributed by atoms with E-state index in [-0.39, 0.29) is 0 Å². The van der Waals surface area contributed by atoms with Crippen LogP contribution in [0.15, 0.2) is 18.7 Å². The normalized spacial score (nSPS) is 25.6. The fourth-order valence-electron chi connectivity index (χ4n) is 2.38. The minimum Gasteiger partial charge on any atom is -0.312 e. The topological polar surface area (TPSA) is 37.8 Å². The zero-order valence-electron chi connectivity index (χ0n) is 10.0. The molecule has 0 aromatic carbocycles. The Balaban J connectivity index is 1.65. The second-order valence-electron chi connectivity index (χ2n) is 5.00. The third kappa shape index (κ3) is 3.56. The first-order chi connectivity index (χ1) is 7.84. The van der Waals surface area contributed by atoms with Gasteiger partial charge in [-0.05, 0) is 31.2 Å². The summed E-state index contributed by atoms with van der Waals surface area (Å²) >= 11 is 0. The van der Waals surface area contributed by atoms with Crippen LogP contribution in [0.5, 0.6) is 0 Å². The number of aromatic nitrogens is 2. The SMILES string of the molecule is CC1CCC(CNCc2cncnc2)CC1. The minimum atomic E-state index is 0.876. The average molecular weight is 219 g/mol. The van der Waals surface area contributed by atoms with E-state index in [2.05, 4.69) is 22.2 Å². The summed E-state index contributed by atoms with van der Waals surface area (Å²) in [6.07, 6.45) is 10.9. The van der Waals surface area contributed by atoms with Crippen molar-refractivity contribution in [1.82, 2.24) is 15.3 Å². The van der Waals surface area contributed by atoms with E-state index in [0.717, 1.165) is 24.9 Å². The summed E-state index contributed by atoms with van der Waals surface area (Å²) in [5.74, 6) is 1.82. The molecule has 1 heterocycles. The van der Waals surface area contributed by atoms with E-state index >= 15 is 0 Å². The smallest absolute Gasteiger partial charge is 0.115 e. The number of nitrogens with zero attached hydrogens (tertiary/aromatic N) is 2. The van der Waals surface area contributed by atoms with Crippen LogP contribution in [0, 0.1) is 11.8 Å². The van der Waals surface area contributed by atoms with Crippen molar-refractivity contribution in [3.63, 3.8) is 0 Å². The van der Waals surface area contributed by atoms with Crippen molar-refractivity contribution in [3.8, 4) is 0 Å². The molecule has 0 bridgehead atoms. The molecule has 0 saturated heterocycles. The molecule has 0 spiro atoms. The molecule has 1 saturated carbocycles. The van der Waals surface area contributed by atoms with Crippen molar-refractivity contribution in [1.29, 1.82) is 0 Å². The summed E-state index contributed by atoms with van der Waals surface area (Å²) in [5.41, 5.74) is 1.17. The number of hydrogen-bond acceptors (Lipinski definition) is 3. The van der Waals surface area contributed by atoms with Gasteiger partial charge in [0.05, 0.1) is 0 Å². The van der Waals surface area contributed by atoms with E-state index in [9.17, 15) is 0 Å². The largest absolute Gasteiger partial charge is 0.312 e. The van der Waals surface area contributed by atoms with Crippen molar-refractivity contribution in [2.24, 2.45) is 11.8 Å². The highest BCUT2D eigenvalue weighted by molar-refractivity contribution is 5.01. The second kappa shape index (κ2) is 5.94. The van der Waals surface area contributed by atoms with Crippen LogP contribution in [0.25, 0.3) is 0 Å². The van der Waals surface area contributed by atoms with Gasteiger partial charge in [0, 0.05) is 24.5 Å². The molecule has 1 aromatic heterocycles. The van der Waals surface area contributed by atoms with E-state index in [1.165, 1.54) is 31.2 Å². The van der Waals surface area contributed by atoms with Gasteiger partial charge in [0.2, 0.25) is 0 Å². The van der Waals surface area contributed by atoms with Crippen LogP contribution < -0.4 is 5.32 Å². The van der Waals surface area contributed by atoms with Gasteiger partial charge in [0.1, 0.15) is 6.33 Å². The molecule has 1 aromatic rings. The lowest BCUT2D eigenvalue weighted by atomic mass is 9.83. The van der Waals surface area contributed by atoms with Crippen LogP contribution in [0.3, 0.4) is 0 Å². The number of nitrogens with one attached hydrogen (secondary N) is 1. The zero-order chi connectivity index (χ0) is 11.2. The summed E-state index contributed by atoms with van der Waals surface area (Å²) in [6.45, 7) is 4.40. The van der Waals surface area contributed by atoms with Crippen LogP contribution in [-0.4, -0.2) is 16.5 Å². The summed E-state index contributed by atoms with van der Waals surface area (Å²) in [6, 6.07) is 0. The summed E-state index contributed by atoms with van der Waals surface area (Å²) in [4.78, 5) is 8.02. The van der Waals surface area contributed by atoms with Gasteiger partial charge in [-0.15, -0.1) is 0 Å². The number of rotatable bonds is 4. The molecule has 3 nitrogen and oxygen atoms in total. The van der Waals surface area contributed by atoms with Gasteiger partial charge in [-0.2, -0.15) is 0 Å². The predicted molar refractivity (Wildman–Crippen MR) is 64.9 cm³/mol. The first kappa shape index (κ1) is 11.5. The number of hydrogen-bond donors (Lipinski definition) is 1. The molecule has 0 radical (unpaired) electrons. The molecule has 16 heavy (non-hydrogen) atoms. The van der Waals surface area contributed by atoms with Crippen LogP contribution >= 0.6 is 0 Å². The van der Waals surface area contributed by atoms with E-state index in [1.807, 2.05) is 12.4 Å². The summed E-state index contributed by atoms with van der Waals surface area (Å²) in [5, 5.41) is 3.51. The molecule has 0 aliphatic heterocycles. The quantitative estimate of drug-likeness (QED) is 0.845. The molecule has 0 atom stereocenters. The third-order valence-corrected chi connectivity index (χ3v) is 3.51. The molecule has 3 heteroatoms. The first-order valence-corrected chi connectivity index (χ1v) is 6.29. The van der Waals surface area contributed by atoms with Crippen molar-refractivity contribution in [2.45, 2.75) is 39.2 Å². The molecule has 0 amide bonds. The van der Waals surface area contributed by atoms with Gasteiger partial charge in [-0.3, -0.25) is 0 Å². The minimum absolute atomic E-state index is 0.876. The Morgan fingerprint density at radius 3 is 2.56 bits per heavy atom. The lowest BCUT2D eigenvalue weighted by Gasteiger charge is -2.26. The highest BCUT2D eigenvalue weighted by Gasteiger charge is 2.17. The first-order valence-electron chi connectivity index (χ1n) is 6.29. The molecular formula is C13H21N3. The lowest BCUT2D eigenvalue weighted by molar-refractivity contribution is 0.281. The molecule has 88 valence electrons. The molecule has 1 aliphatic carbocycles. The molecule has 0 unspecified atom stereocenters. The van der Waals surface area contributed by atoms with E-state index in [1.54, 1.807) is 6.33 Å². The fourth-order valence-corrected chi connectivity index (χ4v) is 2.38. The van der Waals surface area contributed by atoms with Gasteiger partial charge < -0.3 is 5.32 Å². The summed E-state index contributed by atoms with van der Waals surface area (Å²) in [7, 11) is 0. The summed E-state index contributed by atoms with van der Waals surface area (Å²) < 4.78 is 0. The Hall–Kier alpha value is -0.960. The third-order valence-electron chi connectivity index (χ3n) is 3.51. The van der Waals surface area contributed by atoms with E-state index < -0.39 is 0 Å². The monoisotopic (exact) mass is 219 g/mol. The van der Waals surface area contributed by atoms with E-state index in [0.29, 0.717) is 0 Å². The van der Waals surface area contributed by atoms with Crippen molar-refractivity contribution < 1.29 is 0 Å². The average Bonchev–Trinajstić information content (AvgIpc) is 2.33. The highest BCUT2D eigenvalue weighted by atomic mass is 14.9. The predicted octanol–water partition coefficient (Wildman–Crippen LogP) is 2.39. The van der Waals surface area contributed by atoms with Crippen LogP contribution in [-0.2, 0) is 6.54 Å². The van der Waals surface area contributed by atoms with Gasteiger partial charge in [0.15, 0.2) is 0 Å². The Bertz CT molecular complexity index is 291. The van der Waals surface area contributed by atoms with E-state index in [4.69, 9.17) is 0 Å². The lowest BCUT2D eigenvalue weighted by Crippen LogP contribution is -2.25. The highest BCUT2D eigenvalue weighted by Crippen LogP contribution is 2.27. The van der Waals surface area contributed by atoms with Crippen LogP contribution in [0.1, 0.15) is 38.2 Å². The van der Waals surface area contributed by atoms with Crippen LogP contribution in [0.4, 0.5) is 0 Å². The Morgan fingerprint density at radius 2 is 1.88 bits per heavy atom. The molecule has 1 fully saturated rings. The van der Waals surface area contributed by atoms with Gasteiger partial charge in [0.25, 0.3) is 0 Å². The molecule has 2 rings (SSSR count). The molecule has 1 aliphatic rings. The maximum Gasteiger partial charge on any atom is 0.115 e. The second-order valence-corrected chi connectivity index (χ2v) is 5.00. The maximum atomic E-state index is 4.01. The molecule has 1 N–H and O–H groups in total. The Kier molecular flexibility index (Phi) is 4.28. The Labute approximate surface area is 97.7 Å².